The number of hydrogen-bond donors (Lipinski definition) is 2. The average Bonchev–Trinajstić information content (AvgIpc) is 2.72. The zero-order valence-electron chi connectivity index (χ0n) is 10.6. The summed E-state index contributed by atoms with van der Waals surface area (Å²) in [6.07, 6.45) is 0.0416. The summed E-state index contributed by atoms with van der Waals surface area (Å²) in [6, 6.07) is 3.98. The Hall–Kier alpha value is -1.13. The lowest BCUT2D eigenvalue weighted by Crippen LogP contribution is -2.28. The van der Waals surface area contributed by atoms with E-state index in [9.17, 15) is 21.6 Å². The number of benzene rings is 1. The smallest absolute Gasteiger partial charge is 0.336 e. The molecule has 2 rings (SSSR count). The van der Waals surface area contributed by atoms with Gasteiger partial charge in [-0.25, -0.2) is 21.6 Å². The van der Waals surface area contributed by atoms with Crippen LogP contribution in [0, 0.1) is 0 Å². The van der Waals surface area contributed by atoms with Gasteiger partial charge in [-0.15, -0.1) is 0 Å². The van der Waals surface area contributed by atoms with Crippen LogP contribution in [0.25, 0.3) is 0 Å². The van der Waals surface area contributed by atoms with Crippen LogP contribution in [0.5, 0.6) is 0 Å². The largest absolute Gasteiger partial charge is 0.478 e. The molecule has 0 amide bonds. The van der Waals surface area contributed by atoms with Gasteiger partial charge in [0, 0.05) is 10.2 Å². The zero-order chi connectivity index (χ0) is 15.8. The highest BCUT2D eigenvalue weighted by Gasteiger charge is 2.37. The Labute approximate surface area is 130 Å². The molecule has 1 fully saturated rings. The van der Waals surface area contributed by atoms with Gasteiger partial charge in [0.15, 0.2) is 9.84 Å². The first-order valence-electron chi connectivity index (χ1n) is 5.86. The van der Waals surface area contributed by atoms with Crippen molar-refractivity contribution in [2.75, 3.05) is 16.2 Å². The fraction of sp³-hybridized carbons (Fsp3) is 0.364. The van der Waals surface area contributed by atoms with Crippen LogP contribution < -0.4 is 4.72 Å². The van der Waals surface area contributed by atoms with Crippen LogP contribution in [-0.2, 0) is 19.9 Å². The van der Waals surface area contributed by atoms with Crippen molar-refractivity contribution in [2.45, 2.75) is 11.7 Å². The molecular weight excluding hydrogens is 386 g/mol. The summed E-state index contributed by atoms with van der Waals surface area (Å²) in [5, 5.41) is 7.97. The Morgan fingerprint density at radius 3 is 2.57 bits per heavy atom. The maximum Gasteiger partial charge on any atom is 0.336 e. The highest BCUT2D eigenvalue weighted by Crippen LogP contribution is 2.25. The van der Waals surface area contributed by atoms with Crippen molar-refractivity contribution in [3.63, 3.8) is 0 Å². The molecule has 116 valence electrons. The second-order valence-electron chi connectivity index (χ2n) is 4.67. The van der Waals surface area contributed by atoms with Gasteiger partial charge in [0.1, 0.15) is 0 Å². The van der Waals surface area contributed by atoms with Gasteiger partial charge in [-0.1, -0.05) is 0 Å². The first kappa shape index (κ1) is 16.2. The van der Waals surface area contributed by atoms with Gasteiger partial charge in [-0.3, -0.25) is 4.72 Å². The Morgan fingerprint density at radius 1 is 1.38 bits per heavy atom. The molecule has 1 aliphatic heterocycles. The topological polar surface area (TPSA) is 118 Å². The predicted octanol–water partition coefficient (Wildman–Crippen LogP) is 1.08. The normalized spacial score (nSPS) is 21.1. The summed E-state index contributed by atoms with van der Waals surface area (Å²) in [5.41, 5.74) is -0.00542. The number of carboxylic acids is 1. The van der Waals surface area contributed by atoms with E-state index in [1.807, 2.05) is 0 Å². The van der Waals surface area contributed by atoms with Crippen LogP contribution in [-0.4, -0.2) is 44.7 Å². The molecule has 0 spiro atoms. The van der Waals surface area contributed by atoms with Crippen LogP contribution in [0.4, 0.5) is 5.69 Å². The van der Waals surface area contributed by atoms with Crippen molar-refractivity contribution >= 4 is 47.4 Å². The monoisotopic (exact) mass is 397 g/mol. The minimum atomic E-state index is -3.88. The fourth-order valence-corrected chi connectivity index (χ4v) is 6.50. The first-order chi connectivity index (χ1) is 9.61. The maximum atomic E-state index is 12.1. The molecule has 1 heterocycles. The molecule has 0 bridgehead atoms. The molecule has 0 radical (unpaired) electrons. The minimum Gasteiger partial charge on any atom is -0.478 e. The fourth-order valence-electron chi connectivity index (χ4n) is 2.01. The van der Waals surface area contributed by atoms with Crippen molar-refractivity contribution in [2.24, 2.45) is 0 Å². The van der Waals surface area contributed by atoms with E-state index in [0.29, 0.717) is 4.47 Å². The summed E-state index contributed by atoms with van der Waals surface area (Å²) in [5.74, 6) is -1.77. The van der Waals surface area contributed by atoms with Gasteiger partial charge in [0.2, 0.25) is 10.0 Å². The number of rotatable bonds is 4. The van der Waals surface area contributed by atoms with Gasteiger partial charge >= 0.3 is 5.97 Å². The van der Waals surface area contributed by atoms with E-state index in [4.69, 9.17) is 5.11 Å². The molecule has 2 N–H and O–H groups in total. The Bertz CT molecular complexity index is 787. The highest BCUT2D eigenvalue weighted by atomic mass is 79.9. The SMILES string of the molecule is O=C(O)c1cc(NS(=O)(=O)C2CCS(=O)(=O)C2)ccc1Br. The molecule has 0 aliphatic carbocycles. The zero-order valence-corrected chi connectivity index (χ0v) is 13.8. The lowest BCUT2D eigenvalue weighted by atomic mass is 10.2. The van der Waals surface area contributed by atoms with Gasteiger partial charge in [0.05, 0.1) is 22.3 Å². The van der Waals surface area contributed by atoms with E-state index in [-0.39, 0.29) is 23.4 Å². The summed E-state index contributed by atoms with van der Waals surface area (Å²) >= 11 is 3.05. The lowest BCUT2D eigenvalue weighted by molar-refractivity contribution is 0.0696. The number of carbonyl (C=O) groups is 1. The molecule has 1 aliphatic rings. The second kappa shape index (κ2) is 5.58. The standard InChI is InChI=1S/C11H12BrNO6S2/c12-10-2-1-7(5-9(10)11(14)15)13-21(18,19)8-3-4-20(16,17)6-8/h1-2,5,8,13H,3-4,6H2,(H,14,15). The summed E-state index contributed by atoms with van der Waals surface area (Å²) in [4.78, 5) is 11.0. The van der Waals surface area contributed by atoms with Crippen LogP contribution in [0.15, 0.2) is 22.7 Å². The van der Waals surface area contributed by atoms with Gasteiger partial charge in [0.25, 0.3) is 0 Å². The predicted molar refractivity (Wildman–Crippen MR) is 80.7 cm³/mol. The van der Waals surface area contributed by atoms with E-state index in [1.165, 1.54) is 18.2 Å². The molecular formula is C11H12BrNO6S2. The van der Waals surface area contributed by atoms with E-state index >= 15 is 0 Å². The van der Waals surface area contributed by atoms with Crippen molar-refractivity contribution in [3.8, 4) is 0 Å². The third kappa shape index (κ3) is 3.74. The third-order valence-electron chi connectivity index (χ3n) is 3.09. The minimum absolute atomic E-state index is 0.0416. The maximum absolute atomic E-state index is 12.1. The van der Waals surface area contributed by atoms with Gasteiger partial charge < -0.3 is 5.11 Å². The summed E-state index contributed by atoms with van der Waals surface area (Å²) in [7, 11) is -7.20. The number of aromatic carboxylic acids is 1. The van der Waals surface area contributed by atoms with Gasteiger partial charge in [-0.05, 0) is 40.5 Å². The Morgan fingerprint density at radius 2 is 2.05 bits per heavy atom. The van der Waals surface area contributed by atoms with Crippen molar-refractivity contribution in [1.29, 1.82) is 0 Å². The highest BCUT2D eigenvalue weighted by molar-refractivity contribution is 9.10. The second-order valence-corrected chi connectivity index (χ2v) is 9.72. The summed E-state index contributed by atoms with van der Waals surface area (Å²) in [6.45, 7) is 0. The molecule has 1 unspecified atom stereocenters. The van der Waals surface area contributed by atoms with E-state index in [0.717, 1.165) is 0 Å². The summed E-state index contributed by atoms with van der Waals surface area (Å²) < 4.78 is 49.5. The molecule has 7 nitrogen and oxygen atoms in total. The van der Waals surface area contributed by atoms with Crippen LogP contribution in [0.3, 0.4) is 0 Å². The number of halogens is 1. The van der Waals surface area contributed by atoms with Crippen LogP contribution in [0.2, 0.25) is 0 Å². The third-order valence-corrected chi connectivity index (χ3v) is 7.56. The molecule has 21 heavy (non-hydrogen) atoms. The number of hydrogen-bond acceptors (Lipinski definition) is 5. The van der Waals surface area contributed by atoms with Crippen LogP contribution in [0.1, 0.15) is 16.8 Å². The lowest BCUT2D eigenvalue weighted by Gasteiger charge is -2.13. The van der Waals surface area contributed by atoms with E-state index in [2.05, 4.69) is 20.7 Å². The molecule has 1 atom stereocenters. The van der Waals surface area contributed by atoms with E-state index < -0.39 is 36.8 Å². The van der Waals surface area contributed by atoms with Crippen molar-refractivity contribution < 1.29 is 26.7 Å². The number of nitrogens with one attached hydrogen (secondary N) is 1. The molecule has 0 aromatic heterocycles. The Balaban J connectivity index is 2.25. The first-order valence-corrected chi connectivity index (χ1v) is 10.0. The van der Waals surface area contributed by atoms with Crippen molar-refractivity contribution in [1.82, 2.24) is 0 Å². The number of carboxylic acid groups (broad SMARTS) is 1. The van der Waals surface area contributed by atoms with Crippen molar-refractivity contribution in [3.05, 3.63) is 28.2 Å². The molecule has 0 saturated carbocycles. The molecule has 1 saturated heterocycles. The molecule has 10 heteroatoms. The Kier molecular flexibility index (Phi) is 4.31. The average molecular weight is 398 g/mol. The number of anilines is 1. The van der Waals surface area contributed by atoms with Crippen LogP contribution >= 0.6 is 15.9 Å². The van der Waals surface area contributed by atoms with Gasteiger partial charge in [-0.2, -0.15) is 0 Å². The molecule has 1 aromatic carbocycles. The molecule has 1 aromatic rings. The number of sulfone groups is 1. The van der Waals surface area contributed by atoms with E-state index in [1.54, 1.807) is 0 Å². The number of sulfonamides is 1. The quantitative estimate of drug-likeness (QED) is 0.784.